The number of rotatable bonds is 2. The molecule has 10 heavy (non-hydrogen) atoms. The molecule has 1 aromatic rings. The second kappa shape index (κ2) is 2.90. The largest absolute Gasteiger partial charge is 0.526 e. The third-order valence-electron chi connectivity index (χ3n) is 1.40. The van der Waals surface area contributed by atoms with Gasteiger partial charge in [0.25, 0.3) is 0 Å². The molecule has 1 rings (SSSR count). The van der Waals surface area contributed by atoms with Crippen molar-refractivity contribution in [1.29, 1.82) is 0 Å². The normalized spacial score (nSPS) is 9.90. The molecular formula is C6H9BO3. The van der Waals surface area contributed by atoms with Gasteiger partial charge in [-0.25, -0.2) is 0 Å². The zero-order valence-electron chi connectivity index (χ0n) is 5.74. The van der Waals surface area contributed by atoms with Crippen molar-refractivity contribution in [2.24, 2.45) is 0 Å². The summed E-state index contributed by atoms with van der Waals surface area (Å²) in [6, 6.07) is 1.73. The molecule has 0 saturated carbocycles. The predicted molar refractivity (Wildman–Crippen MR) is 37.9 cm³/mol. The van der Waals surface area contributed by atoms with Gasteiger partial charge in [0.05, 0.1) is 6.26 Å². The molecule has 3 nitrogen and oxygen atoms in total. The standard InChI is InChI=1S/C6H9BO3/c1-2-5-3-4-10-6(5)7(8)9/h3-4,8-9H,2H2,1H3. The number of aryl methyl sites for hydroxylation is 1. The zero-order valence-corrected chi connectivity index (χ0v) is 5.74. The van der Waals surface area contributed by atoms with Crippen LogP contribution in [-0.2, 0) is 6.42 Å². The van der Waals surface area contributed by atoms with E-state index in [4.69, 9.17) is 14.5 Å². The van der Waals surface area contributed by atoms with Crippen molar-refractivity contribution >= 4 is 12.8 Å². The van der Waals surface area contributed by atoms with Gasteiger partial charge in [0, 0.05) is 0 Å². The lowest BCUT2D eigenvalue weighted by Gasteiger charge is -1.95. The van der Waals surface area contributed by atoms with E-state index in [1.54, 1.807) is 6.07 Å². The average Bonchev–Trinajstić information content (AvgIpc) is 2.33. The second-order valence-corrected chi connectivity index (χ2v) is 2.04. The van der Waals surface area contributed by atoms with Crippen LogP contribution in [-0.4, -0.2) is 17.2 Å². The van der Waals surface area contributed by atoms with Crippen LogP contribution in [0.5, 0.6) is 0 Å². The van der Waals surface area contributed by atoms with E-state index in [1.165, 1.54) is 6.26 Å². The first-order valence-electron chi connectivity index (χ1n) is 3.18. The molecule has 0 atom stereocenters. The van der Waals surface area contributed by atoms with Crippen LogP contribution in [0.3, 0.4) is 0 Å². The van der Waals surface area contributed by atoms with E-state index in [0.29, 0.717) is 0 Å². The predicted octanol–water partition coefficient (Wildman–Crippen LogP) is -0.478. The van der Waals surface area contributed by atoms with E-state index in [9.17, 15) is 0 Å². The summed E-state index contributed by atoms with van der Waals surface area (Å²) in [5.74, 6) is 0. The van der Waals surface area contributed by atoms with Gasteiger partial charge < -0.3 is 14.5 Å². The Morgan fingerprint density at radius 3 is 2.70 bits per heavy atom. The zero-order chi connectivity index (χ0) is 7.56. The van der Waals surface area contributed by atoms with Gasteiger partial charge in [0.2, 0.25) is 0 Å². The minimum atomic E-state index is -1.48. The molecule has 0 aliphatic carbocycles. The lowest BCUT2D eigenvalue weighted by atomic mass is 9.84. The summed E-state index contributed by atoms with van der Waals surface area (Å²) in [6.07, 6.45) is 2.21. The summed E-state index contributed by atoms with van der Waals surface area (Å²) in [7, 11) is -1.48. The molecule has 0 amide bonds. The molecule has 0 fully saturated rings. The average molecular weight is 140 g/mol. The highest BCUT2D eigenvalue weighted by Crippen LogP contribution is 1.98. The van der Waals surface area contributed by atoms with Crippen LogP contribution in [0.1, 0.15) is 12.5 Å². The van der Waals surface area contributed by atoms with E-state index >= 15 is 0 Å². The fourth-order valence-corrected chi connectivity index (χ4v) is 0.866. The van der Waals surface area contributed by atoms with Crippen molar-refractivity contribution in [3.05, 3.63) is 17.9 Å². The Kier molecular flexibility index (Phi) is 2.14. The first-order valence-corrected chi connectivity index (χ1v) is 3.18. The van der Waals surface area contributed by atoms with Gasteiger partial charge in [-0.2, -0.15) is 0 Å². The molecule has 0 aromatic carbocycles. The molecule has 2 N–H and O–H groups in total. The smallest absolute Gasteiger partial charge is 0.473 e. The fourth-order valence-electron chi connectivity index (χ4n) is 0.866. The molecule has 0 unspecified atom stereocenters. The number of hydrogen-bond acceptors (Lipinski definition) is 3. The van der Waals surface area contributed by atoms with E-state index in [-0.39, 0.29) is 5.66 Å². The quantitative estimate of drug-likeness (QED) is 0.545. The third kappa shape index (κ3) is 1.22. The van der Waals surface area contributed by atoms with Crippen LogP contribution in [0, 0.1) is 0 Å². The molecule has 0 aliphatic rings. The summed E-state index contributed by atoms with van der Waals surface area (Å²) in [6.45, 7) is 1.93. The van der Waals surface area contributed by atoms with Crippen molar-refractivity contribution in [3.8, 4) is 0 Å². The Morgan fingerprint density at radius 2 is 2.30 bits per heavy atom. The molecule has 0 bridgehead atoms. The minimum Gasteiger partial charge on any atom is -0.473 e. The summed E-state index contributed by atoms with van der Waals surface area (Å²) < 4.78 is 4.82. The van der Waals surface area contributed by atoms with Gasteiger partial charge in [-0.1, -0.05) is 6.92 Å². The number of hydrogen-bond donors (Lipinski definition) is 2. The third-order valence-corrected chi connectivity index (χ3v) is 1.40. The van der Waals surface area contributed by atoms with E-state index in [0.717, 1.165) is 12.0 Å². The van der Waals surface area contributed by atoms with Crippen molar-refractivity contribution < 1.29 is 14.5 Å². The monoisotopic (exact) mass is 140 g/mol. The summed E-state index contributed by atoms with van der Waals surface area (Å²) in [5.41, 5.74) is 1.09. The molecule has 1 heterocycles. The molecule has 0 spiro atoms. The topological polar surface area (TPSA) is 53.6 Å². The SMILES string of the molecule is CCc1ccoc1B(O)O. The molecule has 0 aliphatic heterocycles. The van der Waals surface area contributed by atoms with Crippen molar-refractivity contribution in [3.63, 3.8) is 0 Å². The van der Waals surface area contributed by atoms with Crippen LogP contribution in [0.15, 0.2) is 16.7 Å². The maximum Gasteiger partial charge on any atom is 0.526 e. The van der Waals surface area contributed by atoms with Crippen LogP contribution < -0.4 is 5.66 Å². The molecule has 0 radical (unpaired) electrons. The highest BCUT2D eigenvalue weighted by atomic mass is 16.4. The first kappa shape index (κ1) is 7.37. The molecular weight excluding hydrogens is 131 g/mol. The lowest BCUT2D eigenvalue weighted by molar-refractivity contribution is 0.409. The van der Waals surface area contributed by atoms with Crippen LogP contribution in [0.2, 0.25) is 0 Å². The van der Waals surface area contributed by atoms with Crippen LogP contribution in [0.25, 0.3) is 0 Å². The van der Waals surface area contributed by atoms with Crippen molar-refractivity contribution in [2.45, 2.75) is 13.3 Å². The summed E-state index contributed by atoms with van der Waals surface area (Å²) >= 11 is 0. The highest BCUT2D eigenvalue weighted by molar-refractivity contribution is 6.57. The lowest BCUT2D eigenvalue weighted by Crippen LogP contribution is -2.30. The Labute approximate surface area is 59.4 Å². The van der Waals surface area contributed by atoms with Crippen molar-refractivity contribution in [2.75, 3.05) is 0 Å². The Hall–Kier alpha value is -0.735. The van der Waals surface area contributed by atoms with Gasteiger partial charge in [0.1, 0.15) is 5.66 Å². The van der Waals surface area contributed by atoms with E-state index in [1.807, 2.05) is 6.92 Å². The fraction of sp³-hybridized carbons (Fsp3) is 0.333. The Bertz CT molecular complexity index is 207. The van der Waals surface area contributed by atoms with Gasteiger partial charge in [-0.3, -0.25) is 0 Å². The second-order valence-electron chi connectivity index (χ2n) is 2.04. The molecule has 54 valence electrons. The molecule has 1 aromatic heterocycles. The molecule has 0 saturated heterocycles. The molecule has 4 heteroatoms. The van der Waals surface area contributed by atoms with Gasteiger partial charge in [-0.05, 0) is 18.1 Å². The van der Waals surface area contributed by atoms with E-state index < -0.39 is 7.12 Å². The van der Waals surface area contributed by atoms with Gasteiger partial charge in [0.15, 0.2) is 0 Å². The van der Waals surface area contributed by atoms with Gasteiger partial charge >= 0.3 is 7.12 Å². The highest BCUT2D eigenvalue weighted by Gasteiger charge is 2.18. The number of furan rings is 1. The Balaban J connectivity index is 2.90. The van der Waals surface area contributed by atoms with Gasteiger partial charge in [-0.15, -0.1) is 0 Å². The van der Waals surface area contributed by atoms with Crippen LogP contribution in [0.4, 0.5) is 0 Å². The first-order chi connectivity index (χ1) is 4.75. The summed E-state index contributed by atoms with van der Waals surface area (Å²) in [4.78, 5) is 0. The minimum absolute atomic E-state index is 0.252. The summed E-state index contributed by atoms with van der Waals surface area (Å²) in [5, 5.41) is 17.4. The maximum absolute atomic E-state index is 8.69. The Morgan fingerprint density at radius 1 is 1.60 bits per heavy atom. The van der Waals surface area contributed by atoms with Crippen LogP contribution >= 0.6 is 0 Å². The maximum atomic E-state index is 8.69. The van der Waals surface area contributed by atoms with Crippen molar-refractivity contribution in [1.82, 2.24) is 0 Å². The van der Waals surface area contributed by atoms with E-state index in [2.05, 4.69) is 0 Å².